The third-order valence-electron chi connectivity index (χ3n) is 5.98. The van der Waals surface area contributed by atoms with E-state index in [4.69, 9.17) is 0 Å². The minimum Gasteiger partial charge on any atom is -0.352 e. The number of amides is 1. The monoisotopic (exact) mass is 435 g/mol. The Morgan fingerprint density at radius 3 is 2.47 bits per heavy atom. The Kier molecular flexibility index (Phi) is 7.71. The van der Waals surface area contributed by atoms with Gasteiger partial charge in [0.05, 0.1) is 4.90 Å². The summed E-state index contributed by atoms with van der Waals surface area (Å²) in [6, 6.07) is 6.93. The molecule has 2 fully saturated rings. The van der Waals surface area contributed by atoms with E-state index in [0.717, 1.165) is 31.4 Å². The molecule has 30 heavy (non-hydrogen) atoms. The second-order valence-electron chi connectivity index (χ2n) is 8.03. The van der Waals surface area contributed by atoms with E-state index < -0.39 is 10.0 Å². The van der Waals surface area contributed by atoms with Crippen LogP contribution >= 0.6 is 0 Å². The van der Waals surface area contributed by atoms with Gasteiger partial charge in [-0.3, -0.25) is 9.79 Å². The number of likely N-dealkylation sites (tertiary alicyclic amines) is 1. The molecule has 3 rings (SSSR count). The molecule has 0 radical (unpaired) electrons. The molecule has 1 amide bonds. The number of sulfonamides is 1. The first-order valence-corrected chi connectivity index (χ1v) is 12.2. The van der Waals surface area contributed by atoms with Gasteiger partial charge in [0, 0.05) is 38.6 Å². The lowest BCUT2D eigenvalue weighted by Gasteiger charge is -2.26. The molecule has 3 N–H and O–H groups in total. The van der Waals surface area contributed by atoms with Crippen LogP contribution in [0.2, 0.25) is 0 Å². The molecule has 1 aliphatic carbocycles. The van der Waals surface area contributed by atoms with Crippen molar-refractivity contribution in [3.8, 4) is 0 Å². The Hall–Kier alpha value is -2.13. The summed E-state index contributed by atoms with van der Waals surface area (Å²) in [7, 11) is -0.310. The quantitative estimate of drug-likeness (QED) is 0.464. The van der Waals surface area contributed by atoms with Crippen molar-refractivity contribution < 1.29 is 13.2 Å². The minimum atomic E-state index is -3.43. The second kappa shape index (κ2) is 10.3. The number of hydrogen-bond acceptors (Lipinski definition) is 4. The Labute approximate surface area is 179 Å². The lowest BCUT2D eigenvalue weighted by Crippen LogP contribution is -2.45. The maximum atomic E-state index is 12.7. The van der Waals surface area contributed by atoms with Gasteiger partial charge in [-0.05, 0) is 44.0 Å². The van der Waals surface area contributed by atoms with Crippen LogP contribution in [0.15, 0.2) is 34.2 Å². The molecule has 9 heteroatoms. The highest BCUT2D eigenvalue weighted by Crippen LogP contribution is 2.26. The summed E-state index contributed by atoms with van der Waals surface area (Å²) in [5.74, 6) is 1.21. The zero-order valence-electron chi connectivity index (χ0n) is 17.9. The molecule has 166 valence electrons. The predicted molar refractivity (Wildman–Crippen MR) is 118 cm³/mol. The zero-order valence-corrected chi connectivity index (χ0v) is 18.7. The summed E-state index contributed by atoms with van der Waals surface area (Å²) in [4.78, 5) is 19.3. The first-order valence-electron chi connectivity index (χ1n) is 10.7. The summed E-state index contributed by atoms with van der Waals surface area (Å²) >= 11 is 0. The number of benzene rings is 1. The minimum absolute atomic E-state index is 0.187. The van der Waals surface area contributed by atoms with Crippen molar-refractivity contribution in [2.24, 2.45) is 10.9 Å². The first kappa shape index (κ1) is 22.6. The smallest absolute Gasteiger partial charge is 0.240 e. The molecule has 0 aromatic heterocycles. The molecule has 1 saturated heterocycles. The van der Waals surface area contributed by atoms with Crippen molar-refractivity contribution >= 4 is 21.9 Å². The molecular weight excluding hydrogens is 402 g/mol. The van der Waals surface area contributed by atoms with E-state index >= 15 is 0 Å². The molecule has 1 atom stereocenters. The van der Waals surface area contributed by atoms with Gasteiger partial charge < -0.3 is 15.5 Å². The van der Waals surface area contributed by atoms with E-state index in [-0.39, 0.29) is 16.9 Å². The van der Waals surface area contributed by atoms with Crippen LogP contribution < -0.4 is 15.4 Å². The molecule has 1 heterocycles. The SMILES string of the molecule is CN=C(NCc1ccc(S(=O)(=O)NC)cc1)NC1CCN(C(=O)C2CCCCC2)C1. The molecular formula is C21H33N5O3S. The van der Waals surface area contributed by atoms with Gasteiger partial charge in [0.2, 0.25) is 15.9 Å². The van der Waals surface area contributed by atoms with Crippen LogP contribution in [-0.2, 0) is 21.4 Å². The molecule has 1 saturated carbocycles. The van der Waals surface area contributed by atoms with Crippen molar-refractivity contribution in [2.75, 3.05) is 27.2 Å². The molecule has 1 aromatic rings. The fourth-order valence-corrected chi connectivity index (χ4v) is 4.89. The van der Waals surface area contributed by atoms with Gasteiger partial charge in [0.15, 0.2) is 5.96 Å². The number of nitrogens with one attached hydrogen (secondary N) is 3. The number of carbonyl (C=O) groups is 1. The summed E-state index contributed by atoms with van der Waals surface area (Å²) in [6.07, 6.45) is 6.57. The van der Waals surface area contributed by atoms with Crippen molar-refractivity contribution in [1.82, 2.24) is 20.3 Å². The van der Waals surface area contributed by atoms with E-state index in [1.54, 1.807) is 31.3 Å². The highest BCUT2D eigenvalue weighted by molar-refractivity contribution is 7.89. The van der Waals surface area contributed by atoms with Gasteiger partial charge in [0.25, 0.3) is 0 Å². The van der Waals surface area contributed by atoms with Gasteiger partial charge in [0.1, 0.15) is 0 Å². The Bertz CT molecular complexity index is 848. The fourth-order valence-electron chi connectivity index (χ4n) is 4.16. The first-order chi connectivity index (χ1) is 14.4. The number of hydrogen-bond donors (Lipinski definition) is 3. The Morgan fingerprint density at radius 2 is 1.83 bits per heavy atom. The van der Waals surface area contributed by atoms with Crippen molar-refractivity contribution in [3.63, 3.8) is 0 Å². The van der Waals surface area contributed by atoms with Crippen molar-refractivity contribution in [2.45, 2.75) is 56.0 Å². The number of rotatable bonds is 6. The summed E-state index contributed by atoms with van der Waals surface area (Å²) in [6.45, 7) is 2.04. The molecule has 1 aromatic carbocycles. The molecule has 0 spiro atoms. The Morgan fingerprint density at radius 1 is 1.13 bits per heavy atom. The second-order valence-corrected chi connectivity index (χ2v) is 9.91. The number of carbonyl (C=O) groups excluding carboxylic acids is 1. The number of nitrogens with zero attached hydrogens (tertiary/aromatic N) is 2. The van der Waals surface area contributed by atoms with E-state index in [0.29, 0.717) is 25.0 Å². The van der Waals surface area contributed by atoms with Gasteiger partial charge >= 0.3 is 0 Å². The average molecular weight is 436 g/mol. The van der Waals surface area contributed by atoms with Crippen molar-refractivity contribution in [1.29, 1.82) is 0 Å². The normalized spacial score (nSPS) is 20.9. The Balaban J connectivity index is 1.47. The van der Waals surface area contributed by atoms with E-state index in [2.05, 4.69) is 20.3 Å². The van der Waals surface area contributed by atoms with Crippen LogP contribution in [0.3, 0.4) is 0 Å². The van der Waals surface area contributed by atoms with Crippen LogP contribution in [0.1, 0.15) is 44.1 Å². The van der Waals surface area contributed by atoms with Crippen LogP contribution in [0.5, 0.6) is 0 Å². The lowest BCUT2D eigenvalue weighted by molar-refractivity contribution is -0.135. The standard InChI is InChI=1S/C21H33N5O3S/c1-22-21(24-14-16-8-10-19(11-9-16)30(28,29)23-2)25-18-12-13-26(15-18)20(27)17-6-4-3-5-7-17/h8-11,17-18,23H,3-7,12-15H2,1-2H3,(H2,22,24,25). The summed E-state index contributed by atoms with van der Waals surface area (Å²) < 4.78 is 25.9. The maximum absolute atomic E-state index is 12.7. The van der Waals surface area contributed by atoms with Gasteiger partial charge in [-0.1, -0.05) is 31.4 Å². The fraction of sp³-hybridized carbons (Fsp3) is 0.619. The average Bonchev–Trinajstić information content (AvgIpc) is 3.25. The molecule has 1 unspecified atom stereocenters. The van der Waals surface area contributed by atoms with Crippen LogP contribution in [0, 0.1) is 5.92 Å². The van der Waals surface area contributed by atoms with Crippen LogP contribution in [-0.4, -0.2) is 58.4 Å². The number of guanidine groups is 1. The number of aliphatic imine (C=N–C) groups is 1. The highest BCUT2D eigenvalue weighted by atomic mass is 32.2. The predicted octanol–water partition coefficient (Wildman–Crippen LogP) is 1.44. The molecule has 0 bridgehead atoms. The van der Waals surface area contributed by atoms with Crippen LogP contribution in [0.25, 0.3) is 0 Å². The van der Waals surface area contributed by atoms with Crippen LogP contribution in [0.4, 0.5) is 0 Å². The largest absolute Gasteiger partial charge is 0.352 e. The summed E-state index contributed by atoms with van der Waals surface area (Å²) in [5.41, 5.74) is 0.952. The van der Waals surface area contributed by atoms with E-state index in [1.165, 1.54) is 26.3 Å². The molecule has 2 aliphatic rings. The van der Waals surface area contributed by atoms with Gasteiger partial charge in [-0.15, -0.1) is 0 Å². The summed E-state index contributed by atoms with van der Waals surface area (Å²) in [5, 5.41) is 6.67. The van der Waals surface area contributed by atoms with Gasteiger partial charge in [-0.2, -0.15) is 0 Å². The maximum Gasteiger partial charge on any atom is 0.240 e. The van der Waals surface area contributed by atoms with Crippen molar-refractivity contribution in [3.05, 3.63) is 29.8 Å². The zero-order chi connectivity index (χ0) is 21.6. The third-order valence-corrected chi connectivity index (χ3v) is 7.41. The van der Waals surface area contributed by atoms with E-state index in [9.17, 15) is 13.2 Å². The lowest BCUT2D eigenvalue weighted by atomic mass is 9.88. The van der Waals surface area contributed by atoms with E-state index in [1.807, 2.05) is 4.90 Å². The molecule has 1 aliphatic heterocycles. The highest BCUT2D eigenvalue weighted by Gasteiger charge is 2.31. The van der Waals surface area contributed by atoms with Gasteiger partial charge in [-0.25, -0.2) is 13.1 Å². The third kappa shape index (κ3) is 5.72. The molecule has 8 nitrogen and oxygen atoms in total. The topological polar surface area (TPSA) is 103 Å².